The van der Waals surface area contributed by atoms with Crippen molar-refractivity contribution in [2.24, 2.45) is 11.8 Å². The van der Waals surface area contributed by atoms with Crippen molar-refractivity contribution in [3.63, 3.8) is 0 Å². The lowest BCUT2D eigenvalue weighted by Gasteiger charge is -2.43. The lowest BCUT2D eigenvalue weighted by Crippen LogP contribution is -2.49. The zero-order chi connectivity index (χ0) is 15.6. The minimum atomic E-state index is -0.216. The van der Waals surface area contributed by atoms with E-state index in [-0.39, 0.29) is 18.1 Å². The third-order valence-electron chi connectivity index (χ3n) is 6.37. The van der Waals surface area contributed by atoms with Crippen molar-refractivity contribution in [1.82, 2.24) is 10.2 Å². The fourth-order valence-corrected chi connectivity index (χ4v) is 4.52. The highest BCUT2D eigenvalue weighted by atomic mass is 16.5. The molecule has 130 valence electrons. The second kappa shape index (κ2) is 7.08. The summed E-state index contributed by atoms with van der Waals surface area (Å²) in [5.74, 6) is 1.27. The Morgan fingerprint density at radius 3 is 2.70 bits per heavy atom. The van der Waals surface area contributed by atoms with Gasteiger partial charge in [-0.05, 0) is 56.9 Å². The van der Waals surface area contributed by atoms with Crippen LogP contribution in [-0.4, -0.2) is 61.9 Å². The van der Waals surface area contributed by atoms with Crippen molar-refractivity contribution in [1.29, 1.82) is 0 Å². The Hall–Kier alpha value is -0.650. The summed E-state index contributed by atoms with van der Waals surface area (Å²) in [7, 11) is 0. The highest BCUT2D eigenvalue weighted by Gasteiger charge is 2.43. The van der Waals surface area contributed by atoms with E-state index in [2.05, 4.69) is 10.2 Å². The molecule has 0 radical (unpaired) electrons. The summed E-state index contributed by atoms with van der Waals surface area (Å²) >= 11 is 0. The first kappa shape index (κ1) is 15.9. The van der Waals surface area contributed by atoms with Crippen molar-refractivity contribution in [2.75, 3.05) is 32.8 Å². The first-order valence-corrected chi connectivity index (χ1v) is 9.54. The van der Waals surface area contributed by atoms with Gasteiger partial charge in [-0.3, -0.25) is 9.69 Å². The Morgan fingerprint density at radius 2 is 1.96 bits per heavy atom. The number of rotatable bonds is 4. The van der Waals surface area contributed by atoms with Crippen LogP contribution in [0.25, 0.3) is 0 Å². The van der Waals surface area contributed by atoms with E-state index < -0.39 is 0 Å². The standard InChI is InChI=1S/C18H30N2O3/c21-18(19-11-13-5-8-22-9-6-13)16-10-14-4-7-20(12-17(14)23-16)15-2-1-3-15/h13-17H,1-12H2,(H,19,21)/t14-,16+,17+/m0/s1. The highest BCUT2D eigenvalue weighted by molar-refractivity contribution is 5.81. The zero-order valence-corrected chi connectivity index (χ0v) is 14.0. The Kier molecular flexibility index (Phi) is 4.88. The predicted octanol–water partition coefficient (Wildman–Crippen LogP) is 1.56. The fraction of sp³-hybridized carbons (Fsp3) is 0.944. The topological polar surface area (TPSA) is 50.8 Å². The predicted molar refractivity (Wildman–Crippen MR) is 87.1 cm³/mol. The quantitative estimate of drug-likeness (QED) is 0.853. The largest absolute Gasteiger partial charge is 0.381 e. The molecule has 5 heteroatoms. The van der Waals surface area contributed by atoms with Crippen LogP contribution in [0.3, 0.4) is 0 Å². The van der Waals surface area contributed by atoms with Crippen LogP contribution < -0.4 is 5.32 Å². The summed E-state index contributed by atoms with van der Waals surface area (Å²) in [6.45, 7) is 4.69. The molecule has 0 aromatic rings. The van der Waals surface area contributed by atoms with E-state index in [4.69, 9.17) is 9.47 Å². The van der Waals surface area contributed by atoms with Gasteiger partial charge in [0.25, 0.3) is 0 Å². The zero-order valence-electron chi connectivity index (χ0n) is 14.0. The maximum Gasteiger partial charge on any atom is 0.249 e. The number of nitrogens with zero attached hydrogens (tertiary/aromatic N) is 1. The minimum absolute atomic E-state index is 0.112. The van der Waals surface area contributed by atoms with Gasteiger partial charge < -0.3 is 14.8 Å². The number of likely N-dealkylation sites (tertiary alicyclic amines) is 1. The molecule has 3 heterocycles. The smallest absolute Gasteiger partial charge is 0.249 e. The Labute approximate surface area is 139 Å². The molecule has 3 atom stereocenters. The minimum Gasteiger partial charge on any atom is -0.381 e. The third kappa shape index (κ3) is 3.57. The van der Waals surface area contributed by atoms with Crippen LogP contribution in [0.2, 0.25) is 0 Å². The van der Waals surface area contributed by atoms with E-state index in [0.29, 0.717) is 11.8 Å². The van der Waals surface area contributed by atoms with Crippen LogP contribution in [0.1, 0.15) is 44.9 Å². The molecule has 1 N–H and O–H groups in total. The SMILES string of the molecule is O=C(NCC1CCOCC1)[C@H]1C[C@@H]2CCN(C3CCC3)C[C@H]2O1. The Balaban J connectivity index is 1.23. The molecule has 0 aromatic carbocycles. The van der Waals surface area contributed by atoms with E-state index in [1.54, 1.807) is 0 Å². The maximum atomic E-state index is 12.4. The number of carbonyl (C=O) groups excluding carboxylic acids is 1. The van der Waals surface area contributed by atoms with Gasteiger partial charge in [0.2, 0.25) is 5.91 Å². The molecule has 0 aromatic heterocycles. The van der Waals surface area contributed by atoms with Crippen molar-refractivity contribution in [3.8, 4) is 0 Å². The molecule has 4 fully saturated rings. The lowest BCUT2D eigenvalue weighted by molar-refractivity contribution is -0.133. The van der Waals surface area contributed by atoms with Gasteiger partial charge in [0.1, 0.15) is 6.10 Å². The number of hydrogen-bond donors (Lipinski definition) is 1. The molecule has 4 rings (SSSR count). The van der Waals surface area contributed by atoms with Crippen LogP contribution in [0, 0.1) is 11.8 Å². The molecule has 1 aliphatic carbocycles. The second-order valence-corrected chi connectivity index (χ2v) is 7.83. The van der Waals surface area contributed by atoms with Crippen LogP contribution in [0.15, 0.2) is 0 Å². The van der Waals surface area contributed by atoms with E-state index >= 15 is 0 Å². The summed E-state index contributed by atoms with van der Waals surface area (Å²) in [6.07, 6.45) is 8.40. The summed E-state index contributed by atoms with van der Waals surface area (Å²) in [6, 6.07) is 0.793. The fourth-order valence-electron chi connectivity index (χ4n) is 4.52. The monoisotopic (exact) mass is 322 g/mol. The van der Waals surface area contributed by atoms with Crippen molar-refractivity contribution < 1.29 is 14.3 Å². The maximum absolute atomic E-state index is 12.4. The summed E-state index contributed by atoms with van der Waals surface area (Å²) in [4.78, 5) is 15.0. The van der Waals surface area contributed by atoms with Crippen LogP contribution in [-0.2, 0) is 14.3 Å². The summed E-state index contributed by atoms with van der Waals surface area (Å²) in [5.41, 5.74) is 0. The van der Waals surface area contributed by atoms with Gasteiger partial charge in [-0.15, -0.1) is 0 Å². The number of amides is 1. The number of ether oxygens (including phenoxy) is 2. The molecule has 0 spiro atoms. The van der Waals surface area contributed by atoms with Crippen molar-refractivity contribution >= 4 is 5.91 Å². The van der Waals surface area contributed by atoms with E-state index in [1.165, 1.54) is 32.2 Å². The van der Waals surface area contributed by atoms with E-state index in [1.807, 2.05) is 0 Å². The highest BCUT2D eigenvalue weighted by Crippen LogP contribution is 2.36. The molecule has 0 bridgehead atoms. The van der Waals surface area contributed by atoms with Gasteiger partial charge >= 0.3 is 0 Å². The number of piperidine rings is 1. The number of carbonyl (C=O) groups is 1. The van der Waals surface area contributed by atoms with Crippen LogP contribution in [0.4, 0.5) is 0 Å². The molecule has 0 unspecified atom stereocenters. The molecule has 23 heavy (non-hydrogen) atoms. The van der Waals surface area contributed by atoms with Crippen LogP contribution >= 0.6 is 0 Å². The number of nitrogens with one attached hydrogen (secondary N) is 1. The van der Waals surface area contributed by atoms with Gasteiger partial charge in [-0.1, -0.05) is 6.42 Å². The number of fused-ring (bicyclic) bond motifs is 1. The Bertz CT molecular complexity index is 420. The first-order valence-electron chi connectivity index (χ1n) is 9.54. The summed E-state index contributed by atoms with van der Waals surface area (Å²) in [5, 5.41) is 3.13. The summed E-state index contributed by atoms with van der Waals surface area (Å²) < 4.78 is 11.5. The van der Waals surface area contributed by atoms with Crippen molar-refractivity contribution in [2.45, 2.75) is 63.2 Å². The molecule has 4 aliphatic rings. The molecular weight excluding hydrogens is 292 g/mol. The second-order valence-electron chi connectivity index (χ2n) is 7.83. The molecule has 1 amide bonds. The van der Waals surface area contributed by atoms with Gasteiger partial charge in [-0.2, -0.15) is 0 Å². The van der Waals surface area contributed by atoms with Gasteiger partial charge in [0, 0.05) is 32.3 Å². The van der Waals surface area contributed by atoms with Gasteiger partial charge in [0.05, 0.1) is 6.10 Å². The first-order chi connectivity index (χ1) is 11.3. The third-order valence-corrected chi connectivity index (χ3v) is 6.37. The Morgan fingerprint density at radius 1 is 1.13 bits per heavy atom. The molecule has 3 saturated heterocycles. The average Bonchev–Trinajstić information content (AvgIpc) is 2.95. The van der Waals surface area contributed by atoms with E-state index in [0.717, 1.165) is 51.6 Å². The lowest BCUT2D eigenvalue weighted by atomic mass is 9.86. The van der Waals surface area contributed by atoms with Gasteiger partial charge in [-0.25, -0.2) is 0 Å². The molecule has 3 aliphatic heterocycles. The molecule has 1 saturated carbocycles. The number of hydrogen-bond acceptors (Lipinski definition) is 4. The molecular formula is C18H30N2O3. The van der Waals surface area contributed by atoms with Crippen molar-refractivity contribution in [3.05, 3.63) is 0 Å². The normalized spacial score (nSPS) is 36.4. The average molecular weight is 322 g/mol. The van der Waals surface area contributed by atoms with Gasteiger partial charge in [0.15, 0.2) is 0 Å². The van der Waals surface area contributed by atoms with Crippen LogP contribution in [0.5, 0.6) is 0 Å². The molecule has 5 nitrogen and oxygen atoms in total. The van der Waals surface area contributed by atoms with E-state index in [9.17, 15) is 4.79 Å².